The third-order valence-corrected chi connectivity index (χ3v) is 11.9. The molecule has 5 aliphatic carbocycles. The van der Waals surface area contributed by atoms with E-state index in [9.17, 15) is 5.11 Å². The van der Waals surface area contributed by atoms with Gasteiger partial charge in [0, 0.05) is 12.3 Å². The first kappa shape index (κ1) is 23.3. The number of fused-ring (bicyclic) bond motifs is 5. The molecular formula is C30H47N3O. The van der Waals surface area contributed by atoms with Gasteiger partial charge >= 0.3 is 0 Å². The average molecular weight is 466 g/mol. The first-order valence-corrected chi connectivity index (χ1v) is 14.6. The highest BCUT2D eigenvalue weighted by molar-refractivity contribution is 5.20. The smallest absolute Gasteiger partial charge is 0.153 e. The number of nitrogens with zero attached hydrogens (tertiary/aromatic N) is 2. The first-order valence-electron chi connectivity index (χ1n) is 14.6. The Bertz CT molecular complexity index is 920. The van der Waals surface area contributed by atoms with Crippen LogP contribution in [-0.4, -0.2) is 26.4 Å². The van der Waals surface area contributed by atoms with E-state index in [1.165, 1.54) is 51.4 Å². The van der Waals surface area contributed by atoms with Crippen molar-refractivity contribution in [1.82, 2.24) is 15.2 Å². The molecule has 4 heteroatoms. The second-order valence-corrected chi connectivity index (χ2v) is 13.6. The highest BCUT2D eigenvalue weighted by atomic mass is 16.3. The van der Waals surface area contributed by atoms with Crippen LogP contribution in [0.25, 0.3) is 0 Å². The quantitative estimate of drug-likeness (QED) is 0.460. The van der Waals surface area contributed by atoms with Gasteiger partial charge in [-0.05, 0) is 110 Å². The van der Waals surface area contributed by atoms with Crippen LogP contribution in [0.1, 0.15) is 109 Å². The van der Waals surface area contributed by atoms with Crippen LogP contribution in [0.5, 0.6) is 0 Å². The van der Waals surface area contributed by atoms with E-state index >= 15 is 0 Å². The summed E-state index contributed by atoms with van der Waals surface area (Å²) in [4.78, 5) is 4.79. The lowest BCUT2D eigenvalue weighted by molar-refractivity contribution is -0.147. The molecule has 0 spiro atoms. The molecule has 0 aliphatic heterocycles. The van der Waals surface area contributed by atoms with Crippen LogP contribution in [0.15, 0.2) is 12.2 Å². The highest BCUT2D eigenvalue weighted by Crippen LogP contribution is 2.68. The van der Waals surface area contributed by atoms with Gasteiger partial charge in [0.2, 0.25) is 0 Å². The van der Waals surface area contributed by atoms with Gasteiger partial charge in [0.15, 0.2) is 5.82 Å². The summed E-state index contributed by atoms with van der Waals surface area (Å²) in [5.41, 5.74) is 0.851. The number of H-pyrrole nitrogens is 1. The molecule has 4 saturated carbocycles. The van der Waals surface area contributed by atoms with Crippen molar-refractivity contribution in [3.63, 3.8) is 0 Å². The summed E-state index contributed by atoms with van der Waals surface area (Å²) in [7, 11) is 0. The molecule has 0 radical (unpaired) electrons. The largest absolute Gasteiger partial charge is 0.393 e. The molecule has 6 rings (SSSR count). The summed E-state index contributed by atoms with van der Waals surface area (Å²) in [6, 6.07) is 0. The minimum atomic E-state index is -0.0566. The van der Waals surface area contributed by atoms with Crippen molar-refractivity contribution in [2.24, 2.45) is 52.3 Å². The molecule has 4 nitrogen and oxygen atoms in total. The average Bonchev–Trinajstić information content (AvgIpc) is 3.45. The molecule has 0 saturated heterocycles. The SMILES string of the molecule is CC[C@H]1C[C@H]2C3C=CC([C@H](C)CCc4nc(C5CC5)n[nH]4)C3(C)CCC2C2(C)CC[C@@H](O)CC12. The van der Waals surface area contributed by atoms with Crippen LogP contribution in [0.4, 0.5) is 0 Å². The van der Waals surface area contributed by atoms with E-state index in [-0.39, 0.29) is 6.10 Å². The number of rotatable bonds is 6. The second kappa shape index (κ2) is 8.46. The van der Waals surface area contributed by atoms with Crippen molar-refractivity contribution in [3.8, 4) is 0 Å². The van der Waals surface area contributed by atoms with Crippen molar-refractivity contribution in [2.45, 2.75) is 110 Å². The Morgan fingerprint density at radius 2 is 1.85 bits per heavy atom. The maximum absolute atomic E-state index is 10.5. The number of hydrogen-bond donors (Lipinski definition) is 2. The molecule has 10 atom stereocenters. The fourth-order valence-electron chi connectivity index (χ4n) is 9.76. The van der Waals surface area contributed by atoms with E-state index < -0.39 is 0 Å². The Kier molecular flexibility index (Phi) is 5.78. The maximum atomic E-state index is 10.5. The van der Waals surface area contributed by atoms with Crippen molar-refractivity contribution in [3.05, 3.63) is 23.8 Å². The lowest BCUT2D eigenvalue weighted by Crippen LogP contribution is -2.56. The number of nitrogens with one attached hydrogen (secondary N) is 1. The van der Waals surface area contributed by atoms with Crippen molar-refractivity contribution < 1.29 is 5.11 Å². The van der Waals surface area contributed by atoms with Gasteiger partial charge in [-0.3, -0.25) is 5.10 Å². The fourth-order valence-corrected chi connectivity index (χ4v) is 9.76. The predicted molar refractivity (Wildman–Crippen MR) is 136 cm³/mol. The lowest BCUT2D eigenvalue weighted by atomic mass is 9.42. The molecule has 188 valence electrons. The molecule has 1 aromatic heterocycles. The fraction of sp³-hybridized carbons (Fsp3) is 0.867. The van der Waals surface area contributed by atoms with Crippen LogP contribution in [0, 0.1) is 52.3 Å². The van der Waals surface area contributed by atoms with Crippen LogP contribution >= 0.6 is 0 Å². The summed E-state index contributed by atoms with van der Waals surface area (Å²) < 4.78 is 0. The zero-order chi connectivity index (χ0) is 23.7. The number of aliphatic hydroxyl groups is 1. The first-order chi connectivity index (χ1) is 16.3. The summed E-state index contributed by atoms with van der Waals surface area (Å²) in [5.74, 6) is 8.09. The van der Waals surface area contributed by atoms with E-state index in [4.69, 9.17) is 4.98 Å². The zero-order valence-corrected chi connectivity index (χ0v) is 22.0. The number of hydrogen-bond acceptors (Lipinski definition) is 3. The second-order valence-electron chi connectivity index (χ2n) is 13.6. The van der Waals surface area contributed by atoms with E-state index in [0.717, 1.165) is 60.5 Å². The van der Waals surface area contributed by atoms with Crippen LogP contribution in [-0.2, 0) is 6.42 Å². The Morgan fingerprint density at radius 3 is 2.62 bits per heavy atom. The summed E-state index contributed by atoms with van der Waals surface area (Å²) in [5, 5.41) is 18.2. The van der Waals surface area contributed by atoms with Crippen molar-refractivity contribution >= 4 is 0 Å². The third kappa shape index (κ3) is 3.64. The molecule has 0 aromatic carbocycles. The zero-order valence-electron chi connectivity index (χ0n) is 22.0. The maximum Gasteiger partial charge on any atom is 0.153 e. The molecule has 5 aliphatic rings. The molecule has 2 N–H and O–H groups in total. The molecule has 6 unspecified atom stereocenters. The molecule has 1 heterocycles. The van der Waals surface area contributed by atoms with Crippen LogP contribution in [0.2, 0.25) is 0 Å². The standard InChI is InChI=1S/C30H47N3O/c1-5-19-16-22-24-10-9-23(18(2)6-11-27-31-28(33-32-27)20-7-8-20)29(24,3)15-13-25(22)30(4)14-12-21(34)17-26(19)30/h9-10,18-26,34H,5-8,11-17H2,1-4H3,(H,31,32,33)/t18-,19+,21-,22+,23?,24?,25?,26?,29?,30?/m1/s1. The number of aliphatic hydroxyl groups excluding tert-OH is 1. The predicted octanol–water partition coefficient (Wildman–Crippen LogP) is 6.68. The monoisotopic (exact) mass is 465 g/mol. The molecular weight excluding hydrogens is 418 g/mol. The van der Waals surface area contributed by atoms with Gasteiger partial charge in [-0.15, -0.1) is 0 Å². The Morgan fingerprint density at radius 1 is 1.06 bits per heavy atom. The number of aromatic nitrogens is 3. The molecule has 4 fully saturated rings. The summed E-state index contributed by atoms with van der Waals surface area (Å²) in [6.07, 6.45) is 18.8. The minimum Gasteiger partial charge on any atom is -0.393 e. The van der Waals surface area contributed by atoms with Gasteiger partial charge in [-0.2, -0.15) is 5.10 Å². The van der Waals surface area contributed by atoms with Gasteiger partial charge < -0.3 is 5.11 Å². The number of aryl methyl sites for hydroxylation is 1. The van der Waals surface area contributed by atoms with Crippen LogP contribution < -0.4 is 0 Å². The molecule has 0 amide bonds. The van der Waals surface area contributed by atoms with E-state index in [1.807, 2.05) is 0 Å². The Balaban J connectivity index is 1.17. The molecule has 1 aromatic rings. The van der Waals surface area contributed by atoms with E-state index in [1.54, 1.807) is 0 Å². The summed E-state index contributed by atoms with van der Waals surface area (Å²) in [6.45, 7) is 10.1. The van der Waals surface area contributed by atoms with Crippen molar-refractivity contribution in [1.29, 1.82) is 0 Å². The number of allylic oxidation sites excluding steroid dienone is 2. The number of aromatic amines is 1. The van der Waals surface area contributed by atoms with Gasteiger partial charge in [0.1, 0.15) is 5.82 Å². The lowest BCUT2D eigenvalue weighted by Gasteiger charge is -2.63. The summed E-state index contributed by atoms with van der Waals surface area (Å²) >= 11 is 0. The van der Waals surface area contributed by atoms with Gasteiger partial charge in [0.25, 0.3) is 0 Å². The molecule has 34 heavy (non-hydrogen) atoms. The molecule has 0 bridgehead atoms. The van der Waals surface area contributed by atoms with E-state index in [0.29, 0.717) is 28.6 Å². The van der Waals surface area contributed by atoms with Crippen LogP contribution in [0.3, 0.4) is 0 Å². The minimum absolute atomic E-state index is 0.0566. The van der Waals surface area contributed by atoms with E-state index in [2.05, 4.69) is 50.0 Å². The third-order valence-electron chi connectivity index (χ3n) is 11.9. The Labute approximate surface area is 206 Å². The Hall–Kier alpha value is -1.16. The highest BCUT2D eigenvalue weighted by Gasteiger charge is 2.61. The van der Waals surface area contributed by atoms with Gasteiger partial charge in [-0.25, -0.2) is 4.98 Å². The van der Waals surface area contributed by atoms with Gasteiger partial charge in [-0.1, -0.05) is 46.3 Å². The van der Waals surface area contributed by atoms with Crippen molar-refractivity contribution in [2.75, 3.05) is 0 Å². The normalized spacial score (nSPS) is 46.6. The van der Waals surface area contributed by atoms with Gasteiger partial charge in [0.05, 0.1) is 6.10 Å². The topological polar surface area (TPSA) is 61.8 Å².